The summed E-state index contributed by atoms with van der Waals surface area (Å²) in [4.78, 5) is 16.2. The van der Waals surface area contributed by atoms with Crippen molar-refractivity contribution in [2.45, 2.75) is 26.8 Å². The maximum Gasteiger partial charge on any atom is 0.176 e. The number of nitrogens with zero attached hydrogens (tertiary/aromatic N) is 2. The van der Waals surface area contributed by atoms with Crippen LogP contribution in [0.2, 0.25) is 0 Å². The molecule has 1 N–H and O–H groups in total. The first-order valence-electron chi connectivity index (χ1n) is 6.34. The van der Waals surface area contributed by atoms with Gasteiger partial charge in [-0.15, -0.1) is 0 Å². The minimum absolute atomic E-state index is 0.109. The van der Waals surface area contributed by atoms with Crippen molar-refractivity contribution in [3.8, 4) is 0 Å². The van der Waals surface area contributed by atoms with Crippen molar-refractivity contribution in [2.24, 2.45) is 0 Å². The molecule has 2 aromatic rings. The first-order valence-corrected chi connectivity index (χ1v) is 6.34. The van der Waals surface area contributed by atoms with Gasteiger partial charge in [0.25, 0.3) is 0 Å². The van der Waals surface area contributed by atoms with Gasteiger partial charge < -0.3 is 9.88 Å². The Morgan fingerprint density at radius 3 is 2.89 bits per heavy atom. The number of fused-ring (bicyclic) bond motifs is 1. The van der Waals surface area contributed by atoms with Gasteiger partial charge in [0.05, 0.1) is 23.9 Å². The monoisotopic (exact) mass is 245 g/mol. The van der Waals surface area contributed by atoms with Gasteiger partial charge in [0.1, 0.15) is 0 Å². The van der Waals surface area contributed by atoms with Gasteiger partial charge >= 0.3 is 0 Å². The van der Waals surface area contributed by atoms with E-state index in [9.17, 15) is 4.79 Å². The fourth-order valence-corrected chi connectivity index (χ4v) is 1.96. The summed E-state index contributed by atoms with van der Waals surface area (Å²) in [6.45, 7) is 7.40. The molecule has 0 fully saturated rings. The number of carbonyl (C=O) groups excluding carboxylic acids is 1. The molecule has 0 atom stereocenters. The third kappa shape index (κ3) is 2.43. The van der Waals surface area contributed by atoms with Gasteiger partial charge in [0.15, 0.2) is 5.78 Å². The van der Waals surface area contributed by atoms with Crippen molar-refractivity contribution in [1.29, 1.82) is 0 Å². The van der Waals surface area contributed by atoms with Gasteiger partial charge in [-0.1, -0.05) is 6.92 Å². The summed E-state index contributed by atoms with van der Waals surface area (Å²) in [5.41, 5.74) is 2.67. The molecule has 1 aromatic heterocycles. The minimum Gasteiger partial charge on any atom is -0.328 e. The van der Waals surface area contributed by atoms with E-state index in [1.165, 1.54) is 0 Å². The van der Waals surface area contributed by atoms with Crippen molar-refractivity contribution >= 4 is 16.8 Å². The Hall–Kier alpha value is -1.68. The lowest BCUT2D eigenvalue weighted by Crippen LogP contribution is -2.22. The number of benzene rings is 1. The topological polar surface area (TPSA) is 46.9 Å². The molecular formula is C14H19N3O. The van der Waals surface area contributed by atoms with Crippen LogP contribution in [0.15, 0.2) is 24.5 Å². The summed E-state index contributed by atoms with van der Waals surface area (Å²) in [6, 6.07) is 6.09. The van der Waals surface area contributed by atoms with E-state index in [1.807, 2.05) is 31.5 Å². The van der Waals surface area contributed by atoms with Gasteiger partial charge in [0, 0.05) is 11.6 Å². The number of carbonyl (C=O) groups is 1. The third-order valence-corrected chi connectivity index (χ3v) is 2.99. The van der Waals surface area contributed by atoms with Crippen LogP contribution < -0.4 is 5.32 Å². The predicted octanol–water partition coefficient (Wildman–Crippen LogP) is 2.41. The van der Waals surface area contributed by atoms with Gasteiger partial charge in [-0.3, -0.25) is 4.79 Å². The fraction of sp³-hybridized carbons (Fsp3) is 0.429. The number of rotatable bonds is 5. The van der Waals surface area contributed by atoms with Crippen molar-refractivity contribution in [3.63, 3.8) is 0 Å². The van der Waals surface area contributed by atoms with Crippen molar-refractivity contribution in [3.05, 3.63) is 30.1 Å². The largest absolute Gasteiger partial charge is 0.328 e. The highest BCUT2D eigenvalue weighted by molar-refractivity contribution is 6.00. The molecule has 0 aliphatic rings. The molecule has 4 heteroatoms. The summed E-state index contributed by atoms with van der Waals surface area (Å²) in [5, 5.41) is 3.04. The maximum atomic E-state index is 11.9. The zero-order valence-corrected chi connectivity index (χ0v) is 11.1. The average Bonchev–Trinajstić information content (AvgIpc) is 2.78. The van der Waals surface area contributed by atoms with E-state index in [0.29, 0.717) is 12.6 Å². The van der Waals surface area contributed by atoms with E-state index in [1.54, 1.807) is 0 Å². The summed E-state index contributed by atoms with van der Waals surface area (Å²) in [6.07, 6.45) is 1.83. The number of aromatic nitrogens is 2. The Labute approximate surface area is 107 Å². The molecule has 1 aromatic carbocycles. The number of hydrogen-bond donors (Lipinski definition) is 1. The molecule has 0 saturated carbocycles. The summed E-state index contributed by atoms with van der Waals surface area (Å²) in [7, 11) is 0. The summed E-state index contributed by atoms with van der Waals surface area (Å²) < 4.78 is 2.11. The van der Waals surface area contributed by atoms with Crippen LogP contribution in [-0.2, 0) is 0 Å². The third-order valence-electron chi connectivity index (χ3n) is 2.99. The highest BCUT2D eigenvalue weighted by Gasteiger charge is 2.09. The second-order valence-corrected chi connectivity index (χ2v) is 4.65. The van der Waals surface area contributed by atoms with Crippen LogP contribution in [0, 0.1) is 0 Å². The highest BCUT2D eigenvalue weighted by Crippen LogP contribution is 2.18. The van der Waals surface area contributed by atoms with Crippen molar-refractivity contribution in [1.82, 2.24) is 14.9 Å². The summed E-state index contributed by atoms with van der Waals surface area (Å²) in [5.74, 6) is 0.109. The van der Waals surface area contributed by atoms with E-state index in [-0.39, 0.29) is 5.78 Å². The Bertz CT molecular complexity index is 557. The molecule has 2 rings (SSSR count). The molecule has 0 radical (unpaired) electrons. The molecule has 18 heavy (non-hydrogen) atoms. The Morgan fingerprint density at radius 2 is 2.22 bits per heavy atom. The molecule has 0 spiro atoms. The van der Waals surface area contributed by atoms with Crippen LogP contribution >= 0.6 is 0 Å². The molecular weight excluding hydrogens is 226 g/mol. The van der Waals surface area contributed by atoms with E-state index >= 15 is 0 Å². The van der Waals surface area contributed by atoms with Crippen LogP contribution in [-0.4, -0.2) is 28.4 Å². The Morgan fingerprint density at radius 1 is 1.44 bits per heavy atom. The maximum absolute atomic E-state index is 11.9. The number of Topliss-reactive ketones (excluding diaryl/α,β-unsaturated/α-hetero) is 1. The number of imidazole rings is 1. The molecule has 96 valence electrons. The smallest absolute Gasteiger partial charge is 0.176 e. The highest BCUT2D eigenvalue weighted by atomic mass is 16.1. The van der Waals surface area contributed by atoms with Crippen LogP contribution in [0.5, 0.6) is 0 Å². The number of ketones is 1. The summed E-state index contributed by atoms with van der Waals surface area (Å²) >= 11 is 0. The Balaban J connectivity index is 2.31. The van der Waals surface area contributed by atoms with Gasteiger partial charge in [-0.25, -0.2) is 4.98 Å². The van der Waals surface area contributed by atoms with Crippen LogP contribution in [0.4, 0.5) is 0 Å². The quantitative estimate of drug-likeness (QED) is 0.823. The fourth-order valence-electron chi connectivity index (χ4n) is 1.96. The zero-order chi connectivity index (χ0) is 13.1. The lowest BCUT2D eigenvalue weighted by molar-refractivity contribution is 0.0992. The zero-order valence-electron chi connectivity index (χ0n) is 11.1. The normalized spacial score (nSPS) is 11.3. The molecule has 4 nitrogen and oxygen atoms in total. The van der Waals surface area contributed by atoms with Crippen molar-refractivity contribution < 1.29 is 4.79 Å². The molecule has 1 heterocycles. The molecule has 0 aliphatic carbocycles. The van der Waals surface area contributed by atoms with E-state index in [2.05, 4.69) is 28.7 Å². The first-order chi connectivity index (χ1) is 8.63. The molecule has 0 saturated heterocycles. The Kier molecular flexibility index (Phi) is 3.77. The minimum atomic E-state index is 0.109. The molecule has 0 bridgehead atoms. The van der Waals surface area contributed by atoms with Crippen LogP contribution in [0.25, 0.3) is 11.0 Å². The van der Waals surface area contributed by atoms with Crippen molar-refractivity contribution in [2.75, 3.05) is 13.1 Å². The van der Waals surface area contributed by atoms with Crippen LogP contribution in [0.1, 0.15) is 37.2 Å². The van der Waals surface area contributed by atoms with E-state index in [4.69, 9.17) is 0 Å². The molecule has 0 amide bonds. The lowest BCUT2D eigenvalue weighted by atomic mass is 10.1. The van der Waals surface area contributed by atoms with Gasteiger partial charge in [-0.2, -0.15) is 0 Å². The number of likely N-dealkylation sites (N-methyl/N-ethyl adjacent to an activating group) is 1. The van der Waals surface area contributed by atoms with Gasteiger partial charge in [-0.05, 0) is 38.6 Å². The van der Waals surface area contributed by atoms with Crippen LogP contribution in [0.3, 0.4) is 0 Å². The predicted molar refractivity (Wildman–Crippen MR) is 73.0 cm³/mol. The standard InChI is InChI=1S/C14H19N3O/c1-4-15-8-14(18)11-5-6-13-12(7-11)16-9-17(13)10(2)3/h5-7,9-10,15H,4,8H2,1-3H3. The number of nitrogens with one attached hydrogen (secondary N) is 1. The second kappa shape index (κ2) is 5.31. The second-order valence-electron chi connectivity index (χ2n) is 4.65. The molecule has 0 aliphatic heterocycles. The van der Waals surface area contributed by atoms with Gasteiger partial charge in [0.2, 0.25) is 0 Å². The first kappa shape index (κ1) is 12.8. The molecule has 0 unspecified atom stereocenters. The van der Waals surface area contributed by atoms with E-state index < -0.39 is 0 Å². The van der Waals surface area contributed by atoms with E-state index in [0.717, 1.165) is 23.1 Å². The SMILES string of the molecule is CCNCC(=O)c1ccc2c(c1)ncn2C(C)C. The average molecular weight is 245 g/mol. The lowest BCUT2D eigenvalue weighted by Gasteiger charge is -2.08. The number of hydrogen-bond acceptors (Lipinski definition) is 3.